The number of para-hydroxylation sites is 1. The number of fused-ring (bicyclic) bond motifs is 1. The number of pyridine rings is 1. The minimum atomic E-state index is -0.206. The minimum absolute atomic E-state index is 0.0969. The molecule has 0 spiro atoms. The van der Waals surface area contributed by atoms with Crippen LogP contribution in [0.1, 0.15) is 39.3 Å². The molecule has 2 aromatic carbocycles. The fraction of sp³-hybridized carbons (Fsp3) is 0.125. The van der Waals surface area contributed by atoms with E-state index in [1.54, 1.807) is 0 Å². The zero-order chi connectivity index (χ0) is 20.4. The van der Waals surface area contributed by atoms with Gasteiger partial charge in [0.05, 0.1) is 17.3 Å². The van der Waals surface area contributed by atoms with Crippen LogP contribution in [-0.2, 0) is 0 Å². The maximum absolute atomic E-state index is 12.8. The van der Waals surface area contributed by atoms with Crippen LogP contribution in [0.15, 0.2) is 66.0 Å². The van der Waals surface area contributed by atoms with E-state index >= 15 is 0 Å². The summed E-state index contributed by atoms with van der Waals surface area (Å²) in [5, 5.41) is 15.2. The summed E-state index contributed by atoms with van der Waals surface area (Å²) in [5.74, 6) is -0.0969. The van der Waals surface area contributed by atoms with Gasteiger partial charge in [-0.2, -0.15) is 5.26 Å². The highest BCUT2D eigenvalue weighted by Crippen LogP contribution is 2.31. The van der Waals surface area contributed by atoms with Gasteiger partial charge >= 0.3 is 0 Å². The highest BCUT2D eigenvalue weighted by molar-refractivity contribution is 7.10. The van der Waals surface area contributed by atoms with E-state index < -0.39 is 0 Å². The molecule has 0 aliphatic carbocycles. The molecular weight excluding hydrogens is 378 g/mol. The lowest BCUT2D eigenvalue weighted by molar-refractivity contribution is 0.0939. The van der Waals surface area contributed by atoms with Gasteiger partial charge in [0.15, 0.2) is 0 Å². The van der Waals surface area contributed by atoms with Crippen LogP contribution in [0.5, 0.6) is 0 Å². The van der Waals surface area contributed by atoms with Crippen molar-refractivity contribution in [2.75, 3.05) is 0 Å². The Morgan fingerprint density at radius 3 is 2.66 bits per heavy atom. The number of amides is 1. The molecule has 4 rings (SSSR count). The van der Waals surface area contributed by atoms with E-state index in [2.05, 4.69) is 11.4 Å². The number of aryl methyl sites for hydroxylation is 1. The average Bonchev–Trinajstić information content (AvgIpc) is 3.22. The molecule has 0 bridgehead atoms. The van der Waals surface area contributed by atoms with Crippen molar-refractivity contribution in [1.82, 2.24) is 10.3 Å². The van der Waals surface area contributed by atoms with Crippen molar-refractivity contribution >= 4 is 28.1 Å². The largest absolute Gasteiger partial charge is 0.345 e. The van der Waals surface area contributed by atoms with Crippen LogP contribution < -0.4 is 5.32 Å². The fourth-order valence-electron chi connectivity index (χ4n) is 3.42. The van der Waals surface area contributed by atoms with Crippen LogP contribution in [-0.4, -0.2) is 10.9 Å². The Kier molecular flexibility index (Phi) is 5.11. The Morgan fingerprint density at radius 2 is 1.90 bits per heavy atom. The predicted octanol–water partition coefficient (Wildman–Crippen LogP) is 5.63. The Morgan fingerprint density at radius 1 is 1.14 bits per heavy atom. The summed E-state index contributed by atoms with van der Waals surface area (Å²) < 4.78 is 0. The van der Waals surface area contributed by atoms with Gasteiger partial charge < -0.3 is 5.32 Å². The molecule has 1 N–H and O–H groups in total. The molecule has 0 aliphatic rings. The van der Waals surface area contributed by atoms with E-state index in [0.29, 0.717) is 10.4 Å². The first-order valence-corrected chi connectivity index (χ1v) is 10.2. The molecule has 0 saturated heterocycles. The van der Waals surface area contributed by atoms with Crippen LogP contribution in [0.4, 0.5) is 0 Å². The zero-order valence-corrected chi connectivity index (χ0v) is 17.0. The summed E-state index contributed by atoms with van der Waals surface area (Å²) in [6, 6.07) is 21.3. The number of hydrogen-bond acceptors (Lipinski definition) is 4. The number of rotatable bonds is 4. The Hall–Kier alpha value is -3.49. The van der Waals surface area contributed by atoms with Gasteiger partial charge in [-0.3, -0.25) is 4.79 Å². The molecule has 0 radical (unpaired) electrons. The average molecular weight is 398 g/mol. The molecule has 2 aromatic heterocycles. The molecule has 0 aliphatic heterocycles. The highest BCUT2D eigenvalue weighted by atomic mass is 32.1. The molecule has 1 atom stereocenters. The van der Waals surface area contributed by atoms with E-state index in [1.807, 2.05) is 79.9 Å². The second-order valence-corrected chi connectivity index (χ2v) is 7.85. The topological polar surface area (TPSA) is 65.8 Å². The van der Waals surface area contributed by atoms with Gasteiger partial charge in [-0.1, -0.05) is 36.4 Å². The number of aromatic nitrogens is 1. The van der Waals surface area contributed by atoms with E-state index in [4.69, 9.17) is 10.2 Å². The van der Waals surface area contributed by atoms with Crippen LogP contribution in [0.2, 0.25) is 0 Å². The molecule has 1 amide bonds. The summed E-state index contributed by atoms with van der Waals surface area (Å²) >= 11 is 1.40. The number of carbonyl (C=O) groups is 1. The summed E-state index contributed by atoms with van der Waals surface area (Å²) in [7, 11) is 0. The van der Waals surface area contributed by atoms with E-state index in [0.717, 1.165) is 33.3 Å². The van der Waals surface area contributed by atoms with Crippen LogP contribution >= 0.6 is 11.3 Å². The van der Waals surface area contributed by atoms with Crippen molar-refractivity contribution in [3.05, 3.63) is 87.6 Å². The van der Waals surface area contributed by atoms with Gasteiger partial charge in [0.2, 0.25) is 0 Å². The van der Waals surface area contributed by atoms with Crippen molar-refractivity contribution < 1.29 is 4.79 Å². The Bertz CT molecular complexity index is 1250. The smallest absolute Gasteiger partial charge is 0.252 e. The molecule has 4 nitrogen and oxygen atoms in total. The Balaban J connectivity index is 1.74. The summed E-state index contributed by atoms with van der Waals surface area (Å²) in [6.07, 6.45) is 0. The van der Waals surface area contributed by atoms with Crippen LogP contribution in [0.3, 0.4) is 0 Å². The van der Waals surface area contributed by atoms with Gasteiger partial charge in [-0.15, -0.1) is 11.3 Å². The molecule has 4 aromatic rings. The number of nitrogens with zero attached hydrogens (tertiary/aromatic N) is 2. The predicted molar refractivity (Wildman–Crippen MR) is 117 cm³/mol. The highest BCUT2D eigenvalue weighted by Gasteiger charge is 2.17. The number of nitrogens with one attached hydrogen (secondary N) is 1. The van der Waals surface area contributed by atoms with Gasteiger partial charge in [0, 0.05) is 21.9 Å². The molecule has 2 heterocycles. The maximum atomic E-state index is 12.8. The van der Waals surface area contributed by atoms with Gasteiger partial charge in [-0.25, -0.2) is 4.98 Å². The first-order chi connectivity index (χ1) is 14.1. The van der Waals surface area contributed by atoms with Crippen molar-refractivity contribution in [3.8, 4) is 17.3 Å². The second kappa shape index (κ2) is 7.86. The maximum Gasteiger partial charge on any atom is 0.252 e. The third-order valence-electron chi connectivity index (χ3n) is 4.96. The minimum Gasteiger partial charge on any atom is -0.345 e. The molecule has 5 heteroatoms. The van der Waals surface area contributed by atoms with E-state index in [1.165, 1.54) is 11.3 Å². The lowest BCUT2D eigenvalue weighted by Gasteiger charge is -2.18. The zero-order valence-electron chi connectivity index (χ0n) is 16.1. The first kappa shape index (κ1) is 18.9. The van der Waals surface area contributed by atoms with E-state index in [9.17, 15) is 4.79 Å². The standard InChI is InChI=1S/C24H19N3OS/c1-15-7-3-4-8-19(15)24(28)26-16(2)21-12-23(17-11-18(13-25)29-14-17)27-22-10-6-5-9-20(21)22/h3-12,14,16H,1-2H3,(H,26,28). The Labute approximate surface area is 173 Å². The summed E-state index contributed by atoms with van der Waals surface area (Å²) in [4.78, 5) is 18.2. The summed E-state index contributed by atoms with van der Waals surface area (Å²) in [5.41, 5.74) is 5.19. The van der Waals surface area contributed by atoms with Crippen LogP contribution in [0.25, 0.3) is 22.2 Å². The second-order valence-electron chi connectivity index (χ2n) is 6.94. The molecule has 1 unspecified atom stereocenters. The lowest BCUT2D eigenvalue weighted by atomic mass is 9.99. The molecule has 29 heavy (non-hydrogen) atoms. The van der Waals surface area contributed by atoms with Crippen molar-refractivity contribution in [3.63, 3.8) is 0 Å². The van der Waals surface area contributed by atoms with Crippen molar-refractivity contribution in [1.29, 1.82) is 5.26 Å². The van der Waals surface area contributed by atoms with Crippen molar-refractivity contribution in [2.24, 2.45) is 0 Å². The SMILES string of the molecule is Cc1ccccc1C(=O)NC(C)c1cc(-c2csc(C#N)c2)nc2ccccc12. The van der Waals surface area contributed by atoms with E-state index in [-0.39, 0.29) is 11.9 Å². The number of thiophene rings is 1. The third-order valence-corrected chi connectivity index (χ3v) is 5.79. The molecule has 142 valence electrons. The molecule has 0 saturated carbocycles. The summed E-state index contributed by atoms with van der Waals surface area (Å²) in [6.45, 7) is 3.92. The molecular formula is C24H19N3OS. The normalized spacial score (nSPS) is 11.8. The third kappa shape index (κ3) is 3.75. The van der Waals surface area contributed by atoms with Gasteiger partial charge in [-0.05, 0) is 49.2 Å². The lowest BCUT2D eigenvalue weighted by Crippen LogP contribution is -2.27. The number of carbonyl (C=O) groups excluding carboxylic acids is 1. The van der Waals surface area contributed by atoms with Crippen LogP contribution in [0, 0.1) is 18.3 Å². The van der Waals surface area contributed by atoms with Crippen molar-refractivity contribution in [2.45, 2.75) is 19.9 Å². The molecule has 0 fully saturated rings. The van der Waals surface area contributed by atoms with Gasteiger partial charge in [0.25, 0.3) is 5.91 Å². The number of benzene rings is 2. The van der Waals surface area contributed by atoms with Gasteiger partial charge in [0.1, 0.15) is 10.9 Å². The first-order valence-electron chi connectivity index (χ1n) is 9.32. The fourth-order valence-corrected chi connectivity index (χ4v) is 4.11. The number of hydrogen-bond donors (Lipinski definition) is 1. The monoisotopic (exact) mass is 397 g/mol. The number of nitriles is 1. The quantitative estimate of drug-likeness (QED) is 0.485.